The van der Waals surface area contributed by atoms with Crippen molar-refractivity contribution in [3.05, 3.63) is 72.4 Å². The molecule has 1 heterocycles. The molecule has 10 heteroatoms. The van der Waals surface area contributed by atoms with Gasteiger partial charge in [-0.25, -0.2) is 4.79 Å². The molecule has 0 saturated carbocycles. The fraction of sp³-hybridized carbons (Fsp3) is 0.345. The summed E-state index contributed by atoms with van der Waals surface area (Å²) in [5, 5.41) is 17.9. The van der Waals surface area contributed by atoms with E-state index < -0.39 is 41.6 Å². The molecule has 39 heavy (non-hydrogen) atoms. The number of aromatic nitrogens is 1. The van der Waals surface area contributed by atoms with Gasteiger partial charge in [0.1, 0.15) is 17.7 Å². The van der Waals surface area contributed by atoms with Gasteiger partial charge < -0.3 is 25.8 Å². The molecule has 0 saturated heterocycles. The molecule has 3 rings (SSSR count). The number of aryl methyl sites for hydroxylation is 1. The number of hydrogen-bond acceptors (Lipinski definition) is 6. The number of anilines is 1. The normalized spacial score (nSPS) is 12.7. The fourth-order valence-electron chi connectivity index (χ4n) is 3.85. The summed E-state index contributed by atoms with van der Waals surface area (Å²) in [5.41, 5.74) is 1.40. The number of amides is 3. The second-order valence-corrected chi connectivity index (χ2v) is 10.1. The van der Waals surface area contributed by atoms with Gasteiger partial charge in [-0.05, 0) is 57.7 Å². The third-order valence-electron chi connectivity index (χ3n) is 5.71. The van der Waals surface area contributed by atoms with Crippen molar-refractivity contribution < 1.29 is 29.0 Å². The number of benzene rings is 2. The number of ether oxygens (including phenoxy) is 1. The van der Waals surface area contributed by atoms with Crippen molar-refractivity contribution in [2.75, 3.05) is 5.32 Å². The minimum atomic E-state index is -1.22. The van der Waals surface area contributed by atoms with Gasteiger partial charge in [-0.1, -0.05) is 48.5 Å². The number of carbonyl (C=O) groups excluding carboxylic acids is 3. The van der Waals surface area contributed by atoms with Gasteiger partial charge in [0, 0.05) is 11.8 Å². The molecule has 2 aromatic carbocycles. The number of carboxylic acid groups (broad SMARTS) is 1. The highest BCUT2D eigenvalue weighted by atomic mass is 16.6. The number of aliphatic carboxylic acids is 1. The first-order valence-corrected chi connectivity index (χ1v) is 12.7. The SMILES string of the molecule is CC(C)(C)OC(=O)N[C@@H](CCC(=O)O)C(=O)N[C@@H](CCc1ccccc1)C(=O)Nc1cnc2ccccc2c1. The van der Waals surface area contributed by atoms with E-state index in [1.165, 1.54) is 6.20 Å². The first-order valence-electron chi connectivity index (χ1n) is 12.7. The summed E-state index contributed by atoms with van der Waals surface area (Å²) in [6.45, 7) is 5.01. The predicted molar refractivity (Wildman–Crippen MR) is 147 cm³/mol. The third-order valence-corrected chi connectivity index (χ3v) is 5.71. The molecule has 1 aromatic heterocycles. The number of hydrogen-bond donors (Lipinski definition) is 4. The van der Waals surface area contributed by atoms with E-state index in [0.717, 1.165) is 16.5 Å². The summed E-state index contributed by atoms with van der Waals surface area (Å²) in [6, 6.07) is 16.6. The second kappa shape index (κ2) is 13.4. The van der Waals surface area contributed by atoms with Crippen LogP contribution in [0.25, 0.3) is 10.9 Å². The largest absolute Gasteiger partial charge is 0.481 e. The van der Waals surface area contributed by atoms with Crippen LogP contribution in [0.5, 0.6) is 0 Å². The van der Waals surface area contributed by atoms with Crippen molar-refractivity contribution >= 4 is 40.5 Å². The van der Waals surface area contributed by atoms with Crippen LogP contribution in [0.15, 0.2) is 66.9 Å². The standard InChI is InChI=1S/C29H34N4O6/c1-29(2,3)39-28(38)33-24(15-16-25(34)35)27(37)32-23(14-13-19-9-5-4-6-10-19)26(36)31-21-17-20-11-7-8-12-22(20)30-18-21/h4-12,17-18,23-24H,13-16H2,1-3H3,(H,31,36)(H,32,37)(H,33,38)(H,34,35)/t23-,24-/m0/s1. The quantitative estimate of drug-likeness (QED) is 0.290. The van der Waals surface area contributed by atoms with Crippen molar-refractivity contribution in [1.82, 2.24) is 15.6 Å². The Labute approximate surface area is 227 Å². The zero-order chi connectivity index (χ0) is 28.4. The zero-order valence-corrected chi connectivity index (χ0v) is 22.3. The molecular weight excluding hydrogens is 500 g/mol. The number of nitrogens with one attached hydrogen (secondary N) is 3. The van der Waals surface area contributed by atoms with Crippen LogP contribution in [0.4, 0.5) is 10.5 Å². The van der Waals surface area contributed by atoms with E-state index in [4.69, 9.17) is 9.84 Å². The van der Waals surface area contributed by atoms with Gasteiger partial charge in [0.25, 0.3) is 0 Å². The summed E-state index contributed by atoms with van der Waals surface area (Å²) in [6.07, 6.45) is 0.894. The summed E-state index contributed by atoms with van der Waals surface area (Å²) < 4.78 is 5.23. The van der Waals surface area contributed by atoms with E-state index in [2.05, 4.69) is 20.9 Å². The van der Waals surface area contributed by atoms with E-state index in [-0.39, 0.29) is 19.3 Å². The lowest BCUT2D eigenvalue weighted by Gasteiger charge is -2.25. The molecule has 10 nitrogen and oxygen atoms in total. The number of fused-ring (bicyclic) bond motifs is 1. The van der Waals surface area contributed by atoms with Gasteiger partial charge in [-0.3, -0.25) is 19.4 Å². The number of carboxylic acids is 1. The van der Waals surface area contributed by atoms with Gasteiger partial charge in [0.05, 0.1) is 17.4 Å². The molecule has 4 N–H and O–H groups in total. The second-order valence-electron chi connectivity index (χ2n) is 10.1. The first-order chi connectivity index (χ1) is 18.5. The fourth-order valence-corrected chi connectivity index (χ4v) is 3.85. The molecular formula is C29H34N4O6. The van der Waals surface area contributed by atoms with Gasteiger partial charge >= 0.3 is 12.1 Å². The van der Waals surface area contributed by atoms with Crippen LogP contribution in [-0.2, 0) is 25.5 Å². The maximum absolute atomic E-state index is 13.3. The number of nitrogens with zero attached hydrogens (tertiary/aromatic N) is 1. The molecule has 3 aromatic rings. The molecule has 0 unspecified atom stereocenters. The van der Waals surface area contributed by atoms with Crippen LogP contribution in [0.3, 0.4) is 0 Å². The lowest BCUT2D eigenvalue weighted by Crippen LogP contribution is -2.53. The highest BCUT2D eigenvalue weighted by Gasteiger charge is 2.29. The van der Waals surface area contributed by atoms with Crippen LogP contribution in [-0.4, -0.2) is 51.7 Å². The molecule has 0 spiro atoms. The van der Waals surface area contributed by atoms with Crippen LogP contribution >= 0.6 is 0 Å². The van der Waals surface area contributed by atoms with E-state index in [0.29, 0.717) is 12.1 Å². The monoisotopic (exact) mass is 534 g/mol. The van der Waals surface area contributed by atoms with Gasteiger partial charge in [0.15, 0.2) is 0 Å². The minimum Gasteiger partial charge on any atom is -0.481 e. The Morgan fingerprint density at radius 1 is 0.897 bits per heavy atom. The van der Waals surface area contributed by atoms with Crippen molar-refractivity contribution in [3.63, 3.8) is 0 Å². The van der Waals surface area contributed by atoms with Crippen LogP contribution in [0, 0.1) is 0 Å². The number of alkyl carbamates (subject to hydrolysis) is 1. The van der Waals surface area contributed by atoms with Crippen LogP contribution in [0.1, 0.15) is 45.6 Å². The van der Waals surface area contributed by atoms with Crippen molar-refractivity contribution in [2.24, 2.45) is 0 Å². The van der Waals surface area contributed by atoms with Crippen molar-refractivity contribution in [2.45, 2.75) is 64.1 Å². The van der Waals surface area contributed by atoms with Crippen LogP contribution in [0.2, 0.25) is 0 Å². The third kappa shape index (κ3) is 9.73. The van der Waals surface area contributed by atoms with Crippen molar-refractivity contribution in [3.8, 4) is 0 Å². The molecule has 0 aliphatic heterocycles. The molecule has 3 amide bonds. The van der Waals surface area contributed by atoms with E-state index in [1.54, 1.807) is 26.8 Å². The van der Waals surface area contributed by atoms with E-state index >= 15 is 0 Å². The topological polar surface area (TPSA) is 147 Å². The van der Waals surface area contributed by atoms with Crippen molar-refractivity contribution in [1.29, 1.82) is 0 Å². The Morgan fingerprint density at radius 2 is 1.56 bits per heavy atom. The summed E-state index contributed by atoms with van der Waals surface area (Å²) in [4.78, 5) is 54.5. The Bertz CT molecular complexity index is 1310. The Morgan fingerprint density at radius 3 is 2.26 bits per heavy atom. The van der Waals surface area contributed by atoms with Gasteiger partial charge in [-0.15, -0.1) is 0 Å². The molecule has 0 radical (unpaired) electrons. The lowest BCUT2D eigenvalue weighted by atomic mass is 10.0. The highest BCUT2D eigenvalue weighted by molar-refractivity contribution is 5.99. The van der Waals surface area contributed by atoms with Gasteiger partial charge in [0.2, 0.25) is 11.8 Å². The molecule has 0 aliphatic carbocycles. The summed E-state index contributed by atoms with van der Waals surface area (Å²) >= 11 is 0. The summed E-state index contributed by atoms with van der Waals surface area (Å²) in [5.74, 6) is -2.28. The number of para-hydroxylation sites is 1. The minimum absolute atomic E-state index is 0.179. The molecule has 0 bridgehead atoms. The molecule has 2 atom stereocenters. The Hall–Kier alpha value is -4.47. The number of carbonyl (C=O) groups is 4. The molecule has 0 fully saturated rings. The van der Waals surface area contributed by atoms with E-state index in [1.807, 2.05) is 54.6 Å². The number of pyridine rings is 1. The van der Waals surface area contributed by atoms with Crippen LogP contribution < -0.4 is 16.0 Å². The zero-order valence-electron chi connectivity index (χ0n) is 22.3. The maximum atomic E-state index is 13.3. The average Bonchev–Trinajstić information content (AvgIpc) is 2.88. The highest BCUT2D eigenvalue weighted by Crippen LogP contribution is 2.17. The smallest absolute Gasteiger partial charge is 0.408 e. The molecule has 0 aliphatic rings. The first kappa shape index (κ1) is 29.1. The predicted octanol–water partition coefficient (Wildman–Crippen LogP) is 4.05. The van der Waals surface area contributed by atoms with Gasteiger partial charge in [-0.2, -0.15) is 0 Å². The van der Waals surface area contributed by atoms with E-state index in [9.17, 15) is 19.2 Å². The Kier molecular flexibility index (Phi) is 9.97. The molecule has 206 valence electrons. The lowest BCUT2D eigenvalue weighted by molar-refractivity contribution is -0.137. The maximum Gasteiger partial charge on any atom is 0.408 e. The summed E-state index contributed by atoms with van der Waals surface area (Å²) in [7, 11) is 0. The Balaban J connectivity index is 1.78. The average molecular weight is 535 g/mol. The number of rotatable bonds is 11.